The Hall–Kier alpha value is -3.52. The molecule has 9 heteroatoms. The van der Waals surface area contributed by atoms with Crippen LogP contribution in [0.2, 0.25) is 5.02 Å². The summed E-state index contributed by atoms with van der Waals surface area (Å²) in [6.07, 6.45) is 0. The van der Waals surface area contributed by atoms with Gasteiger partial charge in [0, 0.05) is 10.6 Å². The van der Waals surface area contributed by atoms with Crippen molar-refractivity contribution in [2.24, 2.45) is 10.3 Å². The number of oxazole rings is 1. The third-order valence-electron chi connectivity index (χ3n) is 5.50. The fourth-order valence-corrected chi connectivity index (χ4v) is 4.06. The summed E-state index contributed by atoms with van der Waals surface area (Å²) in [5.74, 6) is 0.330. The van der Waals surface area contributed by atoms with Gasteiger partial charge >= 0.3 is 0 Å². The number of hydrogen-bond donors (Lipinski definition) is 0. The van der Waals surface area contributed by atoms with Crippen molar-refractivity contribution in [1.29, 1.82) is 0 Å². The molecule has 0 aliphatic carbocycles. The SMILES string of the molecule is Cc1ccccc1-c1nc(CN2N=NC3C(=O)N(c4cccc(Cl)c4)C(=O)C32)c(C)o1. The molecule has 3 aromatic rings. The molecule has 2 unspecified atom stereocenters. The van der Waals surface area contributed by atoms with E-state index in [0.29, 0.717) is 28.1 Å². The quantitative estimate of drug-likeness (QED) is 0.575. The molecule has 0 N–H and O–H groups in total. The maximum atomic E-state index is 13.1. The smallest absolute Gasteiger partial charge is 0.263 e. The van der Waals surface area contributed by atoms with Gasteiger partial charge in [0.15, 0.2) is 12.1 Å². The Balaban J connectivity index is 1.41. The second kappa shape index (κ2) is 7.31. The molecule has 31 heavy (non-hydrogen) atoms. The summed E-state index contributed by atoms with van der Waals surface area (Å²) in [6, 6.07) is 12.7. The lowest BCUT2D eigenvalue weighted by Gasteiger charge is -2.20. The number of amides is 2. The van der Waals surface area contributed by atoms with Gasteiger partial charge in [-0.15, -0.1) is 0 Å². The molecule has 156 valence electrons. The average Bonchev–Trinajstić information content (AvgIpc) is 3.39. The van der Waals surface area contributed by atoms with Gasteiger partial charge in [-0.2, -0.15) is 5.11 Å². The summed E-state index contributed by atoms with van der Waals surface area (Å²) < 4.78 is 5.87. The summed E-state index contributed by atoms with van der Waals surface area (Å²) in [4.78, 5) is 31.7. The number of anilines is 1. The van der Waals surface area contributed by atoms with Crippen molar-refractivity contribution in [2.75, 3.05) is 4.90 Å². The molecule has 2 aliphatic heterocycles. The molecule has 2 aliphatic rings. The number of fused-ring (bicyclic) bond motifs is 1. The minimum Gasteiger partial charge on any atom is -0.441 e. The molecule has 1 saturated heterocycles. The van der Waals surface area contributed by atoms with Gasteiger partial charge in [0.1, 0.15) is 11.5 Å². The van der Waals surface area contributed by atoms with Crippen molar-refractivity contribution in [3.8, 4) is 11.5 Å². The number of aromatic nitrogens is 1. The summed E-state index contributed by atoms with van der Waals surface area (Å²) >= 11 is 6.04. The molecule has 0 radical (unpaired) electrons. The van der Waals surface area contributed by atoms with E-state index >= 15 is 0 Å². The number of carbonyl (C=O) groups excluding carboxylic acids is 2. The molecule has 0 spiro atoms. The lowest BCUT2D eigenvalue weighted by Crippen LogP contribution is -2.39. The number of carbonyl (C=O) groups is 2. The molecule has 0 bridgehead atoms. The van der Waals surface area contributed by atoms with Gasteiger partial charge in [-0.1, -0.05) is 41.1 Å². The minimum atomic E-state index is -0.880. The number of hydrogen-bond acceptors (Lipinski definition) is 7. The van der Waals surface area contributed by atoms with Crippen LogP contribution in [0.3, 0.4) is 0 Å². The predicted octanol–water partition coefficient (Wildman–Crippen LogP) is 4.11. The number of imide groups is 1. The second-order valence-corrected chi connectivity index (χ2v) is 7.96. The fourth-order valence-electron chi connectivity index (χ4n) is 3.88. The highest BCUT2D eigenvalue weighted by Gasteiger charge is 2.55. The third kappa shape index (κ3) is 3.19. The maximum Gasteiger partial charge on any atom is 0.263 e. The van der Waals surface area contributed by atoms with Gasteiger partial charge in [0.25, 0.3) is 11.8 Å². The maximum absolute atomic E-state index is 13.1. The zero-order valence-electron chi connectivity index (χ0n) is 16.8. The van der Waals surface area contributed by atoms with Crippen molar-refractivity contribution >= 4 is 29.1 Å². The van der Waals surface area contributed by atoms with E-state index in [9.17, 15) is 9.59 Å². The molecule has 2 amide bonds. The zero-order valence-corrected chi connectivity index (χ0v) is 17.6. The highest BCUT2D eigenvalue weighted by atomic mass is 35.5. The van der Waals surface area contributed by atoms with Crippen molar-refractivity contribution in [3.05, 3.63) is 70.6 Å². The molecule has 5 rings (SSSR count). The molecular formula is C22H18ClN5O3. The normalized spacial score (nSPS) is 20.1. The van der Waals surface area contributed by atoms with Crippen molar-refractivity contribution in [3.63, 3.8) is 0 Å². The third-order valence-corrected chi connectivity index (χ3v) is 5.74. The monoisotopic (exact) mass is 435 g/mol. The van der Waals surface area contributed by atoms with Gasteiger partial charge in [0.05, 0.1) is 12.2 Å². The zero-order chi connectivity index (χ0) is 21.7. The van der Waals surface area contributed by atoms with E-state index in [4.69, 9.17) is 16.0 Å². The molecule has 8 nitrogen and oxygen atoms in total. The lowest BCUT2D eigenvalue weighted by atomic mass is 10.1. The highest BCUT2D eigenvalue weighted by molar-refractivity contribution is 6.31. The van der Waals surface area contributed by atoms with Gasteiger partial charge in [-0.05, 0) is 43.7 Å². The van der Waals surface area contributed by atoms with Crippen LogP contribution in [0.5, 0.6) is 0 Å². The number of nitrogens with zero attached hydrogens (tertiary/aromatic N) is 5. The Bertz CT molecular complexity index is 1240. The Morgan fingerprint density at radius 1 is 1.06 bits per heavy atom. The van der Waals surface area contributed by atoms with Crippen LogP contribution in [-0.4, -0.2) is 33.9 Å². The highest BCUT2D eigenvalue weighted by Crippen LogP contribution is 2.34. The van der Waals surface area contributed by atoms with E-state index in [1.54, 1.807) is 24.3 Å². The number of benzene rings is 2. The summed E-state index contributed by atoms with van der Waals surface area (Å²) in [5, 5.41) is 10.1. The van der Waals surface area contributed by atoms with Crippen LogP contribution < -0.4 is 4.90 Å². The van der Waals surface area contributed by atoms with Crippen LogP contribution in [0.25, 0.3) is 11.5 Å². The van der Waals surface area contributed by atoms with E-state index in [-0.39, 0.29) is 12.5 Å². The predicted molar refractivity (Wildman–Crippen MR) is 113 cm³/mol. The van der Waals surface area contributed by atoms with Crippen molar-refractivity contribution in [2.45, 2.75) is 32.5 Å². The lowest BCUT2D eigenvalue weighted by molar-refractivity contribution is -0.123. The first kappa shape index (κ1) is 19.4. The number of aryl methyl sites for hydroxylation is 2. The molecule has 3 heterocycles. The first-order chi connectivity index (χ1) is 14.9. The van der Waals surface area contributed by atoms with E-state index < -0.39 is 18.0 Å². The van der Waals surface area contributed by atoms with Gasteiger partial charge in [0.2, 0.25) is 5.89 Å². The number of rotatable bonds is 4. The van der Waals surface area contributed by atoms with E-state index in [1.165, 1.54) is 5.01 Å². The summed E-state index contributed by atoms with van der Waals surface area (Å²) in [5.41, 5.74) is 3.01. The Morgan fingerprint density at radius 3 is 2.65 bits per heavy atom. The first-order valence-corrected chi connectivity index (χ1v) is 10.1. The van der Waals surface area contributed by atoms with Crippen LogP contribution >= 0.6 is 11.6 Å². The van der Waals surface area contributed by atoms with E-state index in [2.05, 4.69) is 15.3 Å². The van der Waals surface area contributed by atoms with Crippen LogP contribution in [0, 0.1) is 13.8 Å². The van der Waals surface area contributed by atoms with E-state index in [1.807, 2.05) is 38.1 Å². The van der Waals surface area contributed by atoms with Crippen molar-refractivity contribution in [1.82, 2.24) is 9.99 Å². The van der Waals surface area contributed by atoms with Crippen LogP contribution in [0.1, 0.15) is 17.0 Å². The molecule has 2 atom stereocenters. The number of halogens is 1. The molecule has 1 fully saturated rings. The van der Waals surface area contributed by atoms with Crippen LogP contribution in [0.4, 0.5) is 5.69 Å². The molecule has 1 aromatic heterocycles. The average molecular weight is 436 g/mol. The summed E-state index contributed by atoms with van der Waals surface area (Å²) in [7, 11) is 0. The van der Waals surface area contributed by atoms with Crippen LogP contribution in [-0.2, 0) is 16.1 Å². The Morgan fingerprint density at radius 2 is 1.87 bits per heavy atom. The van der Waals surface area contributed by atoms with Crippen LogP contribution in [0.15, 0.2) is 63.3 Å². The van der Waals surface area contributed by atoms with E-state index in [0.717, 1.165) is 16.0 Å². The molecule has 0 saturated carbocycles. The fraction of sp³-hybridized carbons (Fsp3) is 0.227. The van der Waals surface area contributed by atoms with Crippen molar-refractivity contribution < 1.29 is 14.0 Å². The summed E-state index contributed by atoms with van der Waals surface area (Å²) in [6.45, 7) is 4.00. The second-order valence-electron chi connectivity index (χ2n) is 7.52. The van der Waals surface area contributed by atoms with Gasteiger partial charge in [-0.25, -0.2) is 9.88 Å². The Labute approximate surface area is 183 Å². The molecular weight excluding hydrogens is 418 g/mol. The standard InChI is InChI=1S/C22H18ClN5O3/c1-12-6-3-4-9-16(12)20-24-17(13(2)31-20)11-27-19-18(25-26-27)21(29)28(22(19)30)15-8-5-7-14(23)10-15/h3-10,18-19H,11H2,1-2H3. The first-order valence-electron chi connectivity index (χ1n) is 9.77. The minimum absolute atomic E-state index is 0.203. The van der Waals surface area contributed by atoms with Gasteiger partial charge in [-0.3, -0.25) is 14.6 Å². The Kier molecular flexibility index (Phi) is 4.59. The van der Waals surface area contributed by atoms with Gasteiger partial charge < -0.3 is 4.42 Å². The molecule has 2 aromatic carbocycles. The topological polar surface area (TPSA) is 91.4 Å². The largest absolute Gasteiger partial charge is 0.441 e.